The summed E-state index contributed by atoms with van der Waals surface area (Å²) in [6, 6.07) is 3.78. The number of rotatable bonds is 4. The first-order chi connectivity index (χ1) is 9.45. The number of hydrogen-bond donors (Lipinski definition) is 2. The van der Waals surface area contributed by atoms with Crippen molar-refractivity contribution in [2.24, 2.45) is 16.5 Å². The van der Waals surface area contributed by atoms with E-state index in [0.29, 0.717) is 23.1 Å². The standard InChI is InChI=1S/C12H15N5OS2/c1-7(19)17(2)5-8-3-4-10(18-8)9-6-20-12(15-9)16-11(13)14/h3-4,6H,5H2,1-2H3,(H4,13,14,15,16). The molecule has 0 aromatic carbocycles. The SMILES string of the molecule is CC(=S)N(C)Cc1ccc(-c2csc(N=C(N)N)n2)o1. The Bertz CT molecular complexity index is 642. The molecular weight excluding hydrogens is 294 g/mol. The molecule has 0 aliphatic rings. The van der Waals surface area contributed by atoms with Crippen LogP contribution in [0, 0.1) is 0 Å². The zero-order chi connectivity index (χ0) is 14.7. The molecule has 0 aliphatic carbocycles. The van der Waals surface area contributed by atoms with Crippen LogP contribution in [0.25, 0.3) is 11.5 Å². The Labute approximate surface area is 126 Å². The molecule has 2 aromatic heterocycles. The van der Waals surface area contributed by atoms with Crippen LogP contribution in [0.1, 0.15) is 12.7 Å². The number of nitrogens with zero attached hydrogens (tertiary/aromatic N) is 3. The summed E-state index contributed by atoms with van der Waals surface area (Å²) >= 11 is 6.45. The number of aliphatic imine (C=N–C) groups is 1. The summed E-state index contributed by atoms with van der Waals surface area (Å²) in [4.78, 5) is 10.9. The summed E-state index contributed by atoms with van der Waals surface area (Å²) in [6.45, 7) is 2.50. The summed E-state index contributed by atoms with van der Waals surface area (Å²) in [5.74, 6) is 1.50. The molecule has 0 saturated carbocycles. The van der Waals surface area contributed by atoms with Gasteiger partial charge in [0.2, 0.25) is 5.13 Å². The first-order valence-corrected chi connectivity index (χ1v) is 7.10. The molecule has 0 atom stereocenters. The van der Waals surface area contributed by atoms with Crippen LogP contribution in [0.2, 0.25) is 0 Å². The van der Waals surface area contributed by atoms with Crippen molar-refractivity contribution in [2.45, 2.75) is 13.5 Å². The highest BCUT2D eigenvalue weighted by Crippen LogP contribution is 2.28. The number of furan rings is 1. The molecule has 6 nitrogen and oxygen atoms in total. The van der Waals surface area contributed by atoms with Crippen LogP contribution in [-0.4, -0.2) is 27.9 Å². The van der Waals surface area contributed by atoms with E-state index in [-0.39, 0.29) is 5.96 Å². The Morgan fingerprint density at radius 1 is 1.50 bits per heavy atom. The second-order valence-electron chi connectivity index (χ2n) is 4.19. The Morgan fingerprint density at radius 2 is 2.25 bits per heavy atom. The van der Waals surface area contributed by atoms with Gasteiger partial charge < -0.3 is 20.8 Å². The fraction of sp³-hybridized carbons (Fsp3) is 0.250. The Kier molecular flexibility index (Phi) is 4.35. The molecule has 0 saturated heterocycles. The number of thiocarbonyl (C=S) groups is 1. The third-order valence-corrected chi connectivity index (χ3v) is 3.61. The van der Waals surface area contributed by atoms with Crippen molar-refractivity contribution >= 4 is 39.6 Å². The Morgan fingerprint density at radius 3 is 2.90 bits per heavy atom. The highest BCUT2D eigenvalue weighted by atomic mass is 32.1. The van der Waals surface area contributed by atoms with Crippen LogP contribution < -0.4 is 11.5 Å². The van der Waals surface area contributed by atoms with Crippen molar-refractivity contribution in [3.05, 3.63) is 23.3 Å². The summed E-state index contributed by atoms with van der Waals surface area (Å²) in [6.07, 6.45) is 0. The molecule has 4 N–H and O–H groups in total. The lowest BCUT2D eigenvalue weighted by molar-refractivity contribution is 0.418. The summed E-state index contributed by atoms with van der Waals surface area (Å²) < 4.78 is 5.74. The Balaban J connectivity index is 2.14. The summed E-state index contributed by atoms with van der Waals surface area (Å²) in [5, 5.41) is 2.35. The van der Waals surface area contributed by atoms with Crippen LogP contribution in [0.15, 0.2) is 26.9 Å². The molecule has 2 rings (SSSR count). The van der Waals surface area contributed by atoms with Gasteiger partial charge in [-0.05, 0) is 19.1 Å². The zero-order valence-electron chi connectivity index (χ0n) is 11.2. The van der Waals surface area contributed by atoms with E-state index in [4.69, 9.17) is 28.1 Å². The second-order valence-corrected chi connectivity index (χ2v) is 5.62. The molecule has 2 heterocycles. The molecule has 2 aromatic rings. The zero-order valence-corrected chi connectivity index (χ0v) is 12.8. The van der Waals surface area contributed by atoms with E-state index in [1.54, 1.807) is 0 Å². The largest absolute Gasteiger partial charge is 0.458 e. The van der Waals surface area contributed by atoms with E-state index in [0.717, 1.165) is 10.7 Å². The average Bonchev–Trinajstić information content (AvgIpc) is 2.97. The normalized spacial score (nSPS) is 10.3. The highest BCUT2D eigenvalue weighted by Gasteiger charge is 2.10. The van der Waals surface area contributed by atoms with Crippen LogP contribution in [0.3, 0.4) is 0 Å². The van der Waals surface area contributed by atoms with E-state index in [2.05, 4.69) is 9.98 Å². The third-order valence-electron chi connectivity index (χ3n) is 2.56. The molecule has 0 amide bonds. The van der Waals surface area contributed by atoms with E-state index in [1.165, 1.54) is 11.3 Å². The minimum atomic E-state index is -0.0101. The smallest absolute Gasteiger partial charge is 0.212 e. The van der Waals surface area contributed by atoms with Crippen molar-refractivity contribution in [2.75, 3.05) is 7.05 Å². The van der Waals surface area contributed by atoms with E-state index in [1.807, 2.05) is 36.4 Å². The number of nitrogens with two attached hydrogens (primary N) is 2. The van der Waals surface area contributed by atoms with Crippen LogP contribution in [-0.2, 0) is 6.54 Å². The van der Waals surface area contributed by atoms with Gasteiger partial charge in [-0.15, -0.1) is 11.3 Å². The molecule has 8 heteroatoms. The molecule has 20 heavy (non-hydrogen) atoms. The van der Waals surface area contributed by atoms with E-state index < -0.39 is 0 Å². The highest BCUT2D eigenvalue weighted by molar-refractivity contribution is 7.80. The lowest BCUT2D eigenvalue weighted by Crippen LogP contribution is -2.21. The molecule has 0 fully saturated rings. The average molecular weight is 309 g/mol. The van der Waals surface area contributed by atoms with Gasteiger partial charge in [0.15, 0.2) is 11.7 Å². The van der Waals surface area contributed by atoms with Gasteiger partial charge in [0.25, 0.3) is 0 Å². The van der Waals surface area contributed by atoms with Gasteiger partial charge >= 0.3 is 0 Å². The third kappa shape index (κ3) is 3.55. The minimum Gasteiger partial charge on any atom is -0.458 e. The first kappa shape index (κ1) is 14.5. The molecular formula is C12H15N5OS2. The number of guanidine groups is 1. The van der Waals surface area contributed by atoms with Crippen molar-refractivity contribution in [3.63, 3.8) is 0 Å². The second kappa shape index (κ2) is 6.02. The Hall–Kier alpha value is -1.93. The number of hydrogen-bond acceptors (Lipinski definition) is 5. The van der Waals surface area contributed by atoms with E-state index in [9.17, 15) is 0 Å². The van der Waals surface area contributed by atoms with Gasteiger partial charge in [-0.1, -0.05) is 12.2 Å². The molecule has 0 bridgehead atoms. The monoisotopic (exact) mass is 309 g/mol. The topological polar surface area (TPSA) is 93.7 Å². The van der Waals surface area contributed by atoms with E-state index >= 15 is 0 Å². The summed E-state index contributed by atoms with van der Waals surface area (Å²) in [7, 11) is 1.92. The van der Waals surface area contributed by atoms with Gasteiger partial charge in [-0.25, -0.2) is 4.98 Å². The van der Waals surface area contributed by atoms with Gasteiger partial charge in [-0.3, -0.25) is 0 Å². The van der Waals surface area contributed by atoms with Gasteiger partial charge in [0.05, 0.1) is 11.5 Å². The van der Waals surface area contributed by atoms with Crippen LogP contribution in [0.4, 0.5) is 5.13 Å². The van der Waals surface area contributed by atoms with Gasteiger partial charge in [-0.2, -0.15) is 4.99 Å². The molecule has 0 aliphatic heterocycles. The van der Waals surface area contributed by atoms with Gasteiger partial charge in [0.1, 0.15) is 11.5 Å². The quantitative estimate of drug-likeness (QED) is 0.510. The predicted molar refractivity (Wildman–Crippen MR) is 85.0 cm³/mol. The van der Waals surface area contributed by atoms with Crippen LogP contribution >= 0.6 is 23.6 Å². The molecule has 0 unspecified atom stereocenters. The lowest BCUT2D eigenvalue weighted by Gasteiger charge is -2.14. The fourth-order valence-electron chi connectivity index (χ4n) is 1.48. The van der Waals surface area contributed by atoms with Crippen LogP contribution in [0.5, 0.6) is 0 Å². The fourth-order valence-corrected chi connectivity index (χ4v) is 2.24. The molecule has 0 spiro atoms. The maximum Gasteiger partial charge on any atom is 0.212 e. The molecule has 0 radical (unpaired) electrons. The molecule has 106 valence electrons. The van der Waals surface area contributed by atoms with Crippen molar-refractivity contribution in [3.8, 4) is 11.5 Å². The minimum absolute atomic E-state index is 0.0101. The van der Waals surface area contributed by atoms with Gasteiger partial charge in [0, 0.05) is 12.4 Å². The maximum absolute atomic E-state index is 5.74. The predicted octanol–water partition coefficient (Wildman–Crippen LogP) is 2.09. The first-order valence-electron chi connectivity index (χ1n) is 5.81. The summed E-state index contributed by atoms with van der Waals surface area (Å²) in [5.41, 5.74) is 11.3. The van der Waals surface area contributed by atoms with Crippen molar-refractivity contribution in [1.29, 1.82) is 0 Å². The van der Waals surface area contributed by atoms with Crippen molar-refractivity contribution < 1.29 is 4.42 Å². The van der Waals surface area contributed by atoms with Crippen molar-refractivity contribution in [1.82, 2.24) is 9.88 Å². The lowest BCUT2D eigenvalue weighted by atomic mass is 10.3. The maximum atomic E-state index is 5.74. The number of thiazole rings is 1. The number of aromatic nitrogens is 1.